The van der Waals surface area contributed by atoms with Crippen LogP contribution < -0.4 is 0 Å². The average Bonchev–Trinajstić information content (AvgIpc) is 2.60. The summed E-state index contributed by atoms with van der Waals surface area (Å²) in [6, 6.07) is 15.4. The molecule has 2 nitrogen and oxygen atoms in total. The molecule has 1 atom stereocenters. The number of methoxy groups -OCH3 is 1. The summed E-state index contributed by atoms with van der Waals surface area (Å²) in [4.78, 5) is 11.5. The highest BCUT2D eigenvalue weighted by Crippen LogP contribution is 2.40. The first-order valence-electron chi connectivity index (χ1n) is 7.50. The van der Waals surface area contributed by atoms with Gasteiger partial charge in [-0.1, -0.05) is 73.3 Å². The molecule has 0 N–H and O–H groups in total. The Bertz CT molecular complexity index is 760. The zero-order chi connectivity index (χ0) is 18.4. The molecule has 2 aromatic carbocycles. The Kier molecular flexibility index (Phi) is 5.80. The summed E-state index contributed by atoms with van der Waals surface area (Å²) in [5, 5.41) is 0. The van der Waals surface area contributed by atoms with Crippen molar-refractivity contribution in [2.24, 2.45) is 0 Å². The Morgan fingerprint density at radius 1 is 1.00 bits per heavy atom. The van der Waals surface area contributed by atoms with Crippen LogP contribution >= 0.6 is 0 Å². The van der Waals surface area contributed by atoms with E-state index in [2.05, 4.69) is 11.3 Å². The predicted octanol–water partition coefficient (Wildman–Crippen LogP) is 5.23. The van der Waals surface area contributed by atoms with Gasteiger partial charge in [-0.25, -0.2) is 4.79 Å². The molecule has 0 fully saturated rings. The highest BCUT2D eigenvalue weighted by Gasteiger charge is 2.44. The van der Waals surface area contributed by atoms with E-state index in [0.29, 0.717) is 0 Å². The molecule has 2 aromatic rings. The summed E-state index contributed by atoms with van der Waals surface area (Å²) in [6.45, 7) is 3.26. The molecule has 5 heteroatoms. The molecule has 0 aliphatic carbocycles. The maximum atomic E-state index is 13.3. The van der Waals surface area contributed by atoms with Gasteiger partial charge in [-0.2, -0.15) is 13.2 Å². The Hall–Kier alpha value is -2.82. The fourth-order valence-electron chi connectivity index (χ4n) is 2.39. The lowest BCUT2D eigenvalue weighted by Gasteiger charge is -2.21. The van der Waals surface area contributed by atoms with Crippen LogP contribution in [0.25, 0.3) is 12.2 Å². The van der Waals surface area contributed by atoms with Crippen LogP contribution in [0.2, 0.25) is 0 Å². The summed E-state index contributed by atoms with van der Waals surface area (Å²) in [6.07, 6.45) is -0.965. The molecular formula is C20H17F3O2. The van der Waals surface area contributed by atoms with Crippen molar-refractivity contribution in [2.75, 3.05) is 7.11 Å². The number of ether oxygens (including phenoxy) is 1. The lowest BCUT2D eigenvalue weighted by molar-refractivity contribution is -0.153. The van der Waals surface area contributed by atoms with Gasteiger partial charge in [0.25, 0.3) is 0 Å². The zero-order valence-corrected chi connectivity index (χ0v) is 13.6. The molecule has 0 unspecified atom stereocenters. The lowest BCUT2D eigenvalue weighted by Crippen LogP contribution is -2.26. The Morgan fingerprint density at radius 3 is 2.00 bits per heavy atom. The quantitative estimate of drug-likeness (QED) is 0.421. The van der Waals surface area contributed by atoms with Crippen LogP contribution in [0.5, 0.6) is 0 Å². The molecule has 2 rings (SSSR count). The fraction of sp³-hybridized carbons (Fsp3) is 0.150. The van der Waals surface area contributed by atoms with Crippen molar-refractivity contribution in [1.29, 1.82) is 0 Å². The van der Waals surface area contributed by atoms with Gasteiger partial charge < -0.3 is 4.74 Å². The topological polar surface area (TPSA) is 26.3 Å². The van der Waals surface area contributed by atoms with Crippen molar-refractivity contribution < 1.29 is 22.7 Å². The highest BCUT2D eigenvalue weighted by atomic mass is 19.4. The van der Waals surface area contributed by atoms with Crippen molar-refractivity contribution in [2.45, 2.75) is 12.1 Å². The second-order valence-electron chi connectivity index (χ2n) is 5.40. The van der Waals surface area contributed by atoms with Crippen LogP contribution in [0, 0.1) is 0 Å². The number of esters is 1. The number of carbonyl (C=O) groups excluding carboxylic acids is 1. The lowest BCUT2D eigenvalue weighted by atomic mass is 9.90. The van der Waals surface area contributed by atoms with E-state index in [1.807, 2.05) is 36.4 Å². The number of rotatable bonds is 5. The van der Waals surface area contributed by atoms with Crippen LogP contribution in [0.3, 0.4) is 0 Å². The molecule has 0 aliphatic heterocycles. The third-order valence-corrected chi connectivity index (χ3v) is 3.66. The SMILES string of the molecule is C=C(C(=O)OC)[C@H](c1ccc(/C=C/c2ccccc2)cc1)C(F)(F)F. The van der Waals surface area contributed by atoms with Crippen molar-refractivity contribution >= 4 is 18.1 Å². The molecule has 0 saturated carbocycles. The van der Waals surface area contributed by atoms with Gasteiger partial charge in [0.2, 0.25) is 0 Å². The largest absolute Gasteiger partial charge is 0.466 e. The fourth-order valence-corrected chi connectivity index (χ4v) is 2.39. The van der Waals surface area contributed by atoms with Crippen LogP contribution in [-0.4, -0.2) is 19.3 Å². The summed E-state index contributed by atoms with van der Waals surface area (Å²) < 4.78 is 44.4. The molecule has 0 saturated heterocycles. The second-order valence-corrected chi connectivity index (χ2v) is 5.40. The minimum Gasteiger partial charge on any atom is -0.466 e. The number of alkyl halides is 3. The summed E-state index contributed by atoms with van der Waals surface area (Å²) in [7, 11) is 1.03. The van der Waals surface area contributed by atoms with Gasteiger partial charge in [0.05, 0.1) is 7.11 Å². The standard InChI is InChI=1S/C20H17F3O2/c1-14(19(24)25-2)18(20(21,22)23)17-12-10-16(11-13-17)9-8-15-6-4-3-5-7-15/h3-13,18H,1H2,2H3/b9-8+/t18-/m1/s1. The molecule has 0 amide bonds. The van der Waals surface area contributed by atoms with Gasteiger partial charge >= 0.3 is 12.1 Å². The third-order valence-electron chi connectivity index (χ3n) is 3.66. The average molecular weight is 346 g/mol. The van der Waals surface area contributed by atoms with Crippen molar-refractivity contribution in [1.82, 2.24) is 0 Å². The molecule has 0 heterocycles. The molecule has 0 radical (unpaired) electrons. The molecule has 130 valence electrons. The van der Waals surface area contributed by atoms with Gasteiger partial charge in [0.15, 0.2) is 0 Å². The smallest absolute Gasteiger partial charge is 0.399 e. The van der Waals surface area contributed by atoms with Gasteiger partial charge in [0, 0.05) is 5.57 Å². The summed E-state index contributed by atoms with van der Waals surface area (Å²) in [5.74, 6) is -3.16. The molecular weight excluding hydrogens is 329 g/mol. The maximum absolute atomic E-state index is 13.3. The summed E-state index contributed by atoms with van der Waals surface area (Å²) >= 11 is 0. The van der Waals surface area contributed by atoms with E-state index >= 15 is 0 Å². The van der Waals surface area contributed by atoms with Crippen LogP contribution in [-0.2, 0) is 9.53 Å². The first-order chi connectivity index (χ1) is 11.8. The third kappa shape index (κ3) is 4.83. The number of hydrogen-bond donors (Lipinski definition) is 0. The zero-order valence-electron chi connectivity index (χ0n) is 13.6. The van der Waals surface area contributed by atoms with Crippen molar-refractivity contribution in [3.05, 3.63) is 83.4 Å². The number of hydrogen-bond acceptors (Lipinski definition) is 2. The van der Waals surface area contributed by atoms with Crippen LogP contribution in [0.1, 0.15) is 22.6 Å². The Labute approximate surface area is 144 Å². The van der Waals surface area contributed by atoms with Gasteiger partial charge in [0.1, 0.15) is 5.92 Å². The second kappa shape index (κ2) is 7.83. The van der Waals surface area contributed by atoms with E-state index < -0.39 is 23.6 Å². The van der Waals surface area contributed by atoms with Crippen molar-refractivity contribution in [3.8, 4) is 0 Å². The predicted molar refractivity (Wildman–Crippen MR) is 91.8 cm³/mol. The normalized spacial score (nSPS) is 12.8. The molecule has 25 heavy (non-hydrogen) atoms. The Balaban J connectivity index is 2.25. The van der Waals surface area contributed by atoms with Crippen molar-refractivity contribution in [3.63, 3.8) is 0 Å². The van der Waals surface area contributed by atoms with E-state index in [1.54, 1.807) is 18.2 Å². The van der Waals surface area contributed by atoms with E-state index in [1.165, 1.54) is 12.1 Å². The molecule has 0 aromatic heterocycles. The number of carbonyl (C=O) groups is 1. The first kappa shape index (κ1) is 18.5. The van der Waals surface area contributed by atoms with Gasteiger partial charge in [-0.15, -0.1) is 0 Å². The minimum absolute atomic E-state index is 0.0558. The minimum atomic E-state index is -4.63. The van der Waals surface area contributed by atoms with Crippen LogP contribution in [0.4, 0.5) is 13.2 Å². The molecule has 0 bridgehead atoms. The number of benzene rings is 2. The maximum Gasteiger partial charge on any atom is 0.399 e. The first-order valence-corrected chi connectivity index (χ1v) is 7.50. The van der Waals surface area contributed by atoms with E-state index in [0.717, 1.165) is 18.2 Å². The summed E-state index contributed by atoms with van der Waals surface area (Å²) in [5.41, 5.74) is 1.04. The highest BCUT2D eigenvalue weighted by molar-refractivity contribution is 5.89. The molecule has 0 aliphatic rings. The van der Waals surface area contributed by atoms with E-state index in [-0.39, 0.29) is 5.56 Å². The van der Waals surface area contributed by atoms with E-state index in [4.69, 9.17) is 0 Å². The van der Waals surface area contributed by atoms with Gasteiger partial charge in [-0.05, 0) is 16.7 Å². The van der Waals surface area contributed by atoms with E-state index in [9.17, 15) is 18.0 Å². The monoisotopic (exact) mass is 346 g/mol. The van der Waals surface area contributed by atoms with Crippen LogP contribution in [0.15, 0.2) is 66.7 Å². The number of halogens is 3. The molecule has 0 spiro atoms. The Morgan fingerprint density at radius 2 is 1.52 bits per heavy atom. The van der Waals surface area contributed by atoms with Gasteiger partial charge in [-0.3, -0.25) is 0 Å².